The van der Waals surface area contributed by atoms with Crippen LogP contribution >= 0.6 is 0 Å². The van der Waals surface area contributed by atoms with Crippen molar-refractivity contribution >= 4 is 28.2 Å². The van der Waals surface area contributed by atoms with E-state index in [1.807, 2.05) is 47.0 Å². The van der Waals surface area contributed by atoms with Gasteiger partial charge in [0.15, 0.2) is 0 Å². The predicted molar refractivity (Wildman–Crippen MR) is 110 cm³/mol. The summed E-state index contributed by atoms with van der Waals surface area (Å²) in [6.45, 7) is 2.09. The van der Waals surface area contributed by atoms with Crippen LogP contribution in [0, 0.1) is 0 Å². The van der Waals surface area contributed by atoms with Crippen molar-refractivity contribution in [1.82, 2.24) is 4.57 Å². The minimum absolute atomic E-state index is 0.0696. The number of morpholine rings is 1. The van der Waals surface area contributed by atoms with Crippen LogP contribution in [0.4, 0.5) is 24.5 Å². The lowest BCUT2D eigenvalue weighted by Gasteiger charge is -2.31. The molecule has 5 nitrogen and oxygen atoms in total. The number of carbonyl (C=O) groups is 1. The molecule has 0 spiro atoms. The second-order valence-corrected chi connectivity index (χ2v) is 7.34. The average Bonchev–Trinajstić information content (AvgIpc) is 3.03. The third-order valence-corrected chi connectivity index (χ3v) is 5.28. The second-order valence-electron chi connectivity index (χ2n) is 7.34. The smallest absolute Gasteiger partial charge is 0.378 e. The average molecular weight is 417 g/mol. The van der Waals surface area contributed by atoms with Crippen LogP contribution in [0.15, 0.2) is 48.7 Å². The van der Waals surface area contributed by atoms with Crippen molar-refractivity contribution in [3.63, 3.8) is 0 Å². The first-order valence-corrected chi connectivity index (χ1v) is 9.69. The highest BCUT2D eigenvalue weighted by molar-refractivity contribution is 5.98. The number of aromatic nitrogens is 1. The van der Waals surface area contributed by atoms with Gasteiger partial charge in [-0.15, -0.1) is 0 Å². The van der Waals surface area contributed by atoms with Gasteiger partial charge in [0.2, 0.25) is 5.91 Å². The fourth-order valence-electron chi connectivity index (χ4n) is 3.83. The summed E-state index contributed by atoms with van der Waals surface area (Å²) in [5.74, 6) is -0.361. The Morgan fingerprint density at radius 2 is 1.87 bits per heavy atom. The molecule has 2 heterocycles. The molecule has 1 N–H and O–H groups in total. The molecule has 1 aliphatic heterocycles. The highest BCUT2D eigenvalue weighted by Gasteiger charge is 2.32. The number of fused-ring (bicyclic) bond motifs is 1. The van der Waals surface area contributed by atoms with Gasteiger partial charge in [-0.05, 0) is 29.8 Å². The monoisotopic (exact) mass is 417 g/mol. The SMILES string of the molecule is Cn1cc(CC(=O)Nc2cc(C(F)(F)F)ccc2N2CCOCC2)c2ccccc21. The maximum Gasteiger partial charge on any atom is 0.416 e. The van der Waals surface area contributed by atoms with E-state index in [-0.39, 0.29) is 18.0 Å². The number of hydrogen-bond donors (Lipinski definition) is 1. The van der Waals surface area contributed by atoms with Gasteiger partial charge in [0.1, 0.15) is 0 Å². The minimum atomic E-state index is -4.49. The Hall–Kier alpha value is -3.00. The second kappa shape index (κ2) is 8.02. The summed E-state index contributed by atoms with van der Waals surface area (Å²) >= 11 is 0. The van der Waals surface area contributed by atoms with Crippen LogP contribution < -0.4 is 10.2 Å². The van der Waals surface area contributed by atoms with E-state index < -0.39 is 11.7 Å². The molecule has 8 heteroatoms. The number of carbonyl (C=O) groups excluding carboxylic acids is 1. The molecule has 0 saturated carbocycles. The molecule has 0 radical (unpaired) electrons. The molecular formula is C22H22F3N3O2. The highest BCUT2D eigenvalue weighted by atomic mass is 19.4. The molecule has 1 fully saturated rings. The Kier molecular flexibility index (Phi) is 5.42. The first-order chi connectivity index (χ1) is 14.3. The molecule has 1 aliphatic rings. The van der Waals surface area contributed by atoms with Crippen molar-refractivity contribution in [2.24, 2.45) is 7.05 Å². The van der Waals surface area contributed by atoms with Gasteiger partial charge in [0.25, 0.3) is 0 Å². The van der Waals surface area contributed by atoms with Crippen LogP contribution in [0.25, 0.3) is 10.9 Å². The van der Waals surface area contributed by atoms with Gasteiger partial charge in [-0.2, -0.15) is 13.2 Å². The number of nitrogens with zero attached hydrogens (tertiary/aromatic N) is 2. The molecule has 0 atom stereocenters. The first kappa shape index (κ1) is 20.3. The minimum Gasteiger partial charge on any atom is -0.378 e. The van der Waals surface area contributed by atoms with Crippen LogP contribution in [0.5, 0.6) is 0 Å². The number of halogens is 3. The molecule has 2 aromatic carbocycles. The van der Waals surface area contributed by atoms with Gasteiger partial charge in [-0.3, -0.25) is 4.79 Å². The summed E-state index contributed by atoms with van der Waals surface area (Å²) in [5.41, 5.74) is 1.76. The van der Waals surface area contributed by atoms with E-state index in [0.717, 1.165) is 28.6 Å². The molecule has 1 amide bonds. The molecule has 3 aromatic rings. The lowest BCUT2D eigenvalue weighted by Crippen LogP contribution is -2.37. The van der Waals surface area contributed by atoms with Crippen molar-refractivity contribution in [1.29, 1.82) is 0 Å². The molecule has 158 valence electrons. The summed E-state index contributed by atoms with van der Waals surface area (Å²) in [7, 11) is 1.90. The lowest BCUT2D eigenvalue weighted by atomic mass is 10.1. The summed E-state index contributed by atoms with van der Waals surface area (Å²) in [5, 5.41) is 3.66. The molecular weight excluding hydrogens is 395 g/mol. The molecule has 0 unspecified atom stereocenters. The third-order valence-electron chi connectivity index (χ3n) is 5.28. The zero-order valence-electron chi connectivity index (χ0n) is 16.5. The number of rotatable bonds is 4. The van der Waals surface area contributed by atoms with Gasteiger partial charge in [0, 0.05) is 37.2 Å². The van der Waals surface area contributed by atoms with Gasteiger partial charge in [0.05, 0.1) is 36.6 Å². The van der Waals surface area contributed by atoms with E-state index in [1.165, 1.54) is 6.07 Å². The zero-order valence-corrected chi connectivity index (χ0v) is 16.5. The van der Waals surface area contributed by atoms with Crippen molar-refractivity contribution < 1.29 is 22.7 Å². The number of anilines is 2. The van der Waals surface area contributed by atoms with Crippen LogP contribution in [0.2, 0.25) is 0 Å². The summed E-state index contributed by atoms with van der Waals surface area (Å²) in [6, 6.07) is 11.2. The quantitative estimate of drug-likeness (QED) is 0.692. The van der Waals surface area contributed by atoms with Crippen LogP contribution in [0.1, 0.15) is 11.1 Å². The summed E-state index contributed by atoms with van der Waals surface area (Å²) < 4.78 is 47.0. The molecule has 0 aliphatic carbocycles. The van der Waals surface area contributed by atoms with Crippen LogP contribution in [-0.4, -0.2) is 36.8 Å². The maximum absolute atomic E-state index is 13.3. The summed E-state index contributed by atoms with van der Waals surface area (Å²) in [4.78, 5) is 14.7. The number of ether oxygens (including phenoxy) is 1. The number of alkyl halides is 3. The van der Waals surface area contributed by atoms with Crippen molar-refractivity contribution in [2.75, 3.05) is 36.5 Å². The summed E-state index contributed by atoms with van der Waals surface area (Å²) in [6.07, 6.45) is -2.54. The predicted octanol–water partition coefficient (Wildman–Crippen LogP) is 4.21. The normalized spacial score (nSPS) is 14.9. The van der Waals surface area contributed by atoms with Gasteiger partial charge in [-0.1, -0.05) is 18.2 Å². The van der Waals surface area contributed by atoms with E-state index in [4.69, 9.17) is 4.74 Å². The number of amides is 1. The number of aryl methyl sites for hydroxylation is 1. The van der Waals surface area contributed by atoms with Gasteiger partial charge in [-0.25, -0.2) is 0 Å². The third kappa shape index (κ3) is 4.14. The Balaban J connectivity index is 1.62. The molecule has 1 saturated heterocycles. The first-order valence-electron chi connectivity index (χ1n) is 9.69. The number of nitrogens with one attached hydrogen (secondary N) is 1. The fourth-order valence-corrected chi connectivity index (χ4v) is 3.83. The molecule has 1 aromatic heterocycles. The van der Waals surface area contributed by atoms with Crippen molar-refractivity contribution in [2.45, 2.75) is 12.6 Å². The standard InChI is InChI=1S/C22H22F3N3O2/c1-27-14-15(17-4-2-3-5-19(17)27)12-21(29)26-18-13-16(22(23,24)25)6-7-20(18)28-8-10-30-11-9-28/h2-7,13-14H,8-12H2,1H3,(H,26,29). The van der Waals surface area contributed by atoms with E-state index in [2.05, 4.69) is 5.32 Å². The number of benzene rings is 2. The Morgan fingerprint density at radius 1 is 1.13 bits per heavy atom. The van der Waals surface area contributed by atoms with E-state index in [9.17, 15) is 18.0 Å². The Morgan fingerprint density at radius 3 is 2.60 bits per heavy atom. The Bertz CT molecular complexity index is 1070. The molecule has 30 heavy (non-hydrogen) atoms. The molecule has 0 bridgehead atoms. The Labute approximate surface area is 172 Å². The van der Waals surface area contributed by atoms with E-state index in [0.29, 0.717) is 32.0 Å². The van der Waals surface area contributed by atoms with Gasteiger partial charge < -0.3 is 19.5 Å². The number of para-hydroxylation sites is 1. The van der Waals surface area contributed by atoms with Crippen LogP contribution in [0.3, 0.4) is 0 Å². The lowest BCUT2D eigenvalue weighted by molar-refractivity contribution is -0.137. The topological polar surface area (TPSA) is 46.5 Å². The van der Waals surface area contributed by atoms with Gasteiger partial charge >= 0.3 is 6.18 Å². The van der Waals surface area contributed by atoms with Crippen molar-refractivity contribution in [3.8, 4) is 0 Å². The largest absolute Gasteiger partial charge is 0.416 e. The number of hydrogen-bond acceptors (Lipinski definition) is 3. The fraction of sp³-hybridized carbons (Fsp3) is 0.318. The molecule has 4 rings (SSSR count). The zero-order chi connectivity index (χ0) is 21.3. The maximum atomic E-state index is 13.3. The van der Waals surface area contributed by atoms with E-state index >= 15 is 0 Å². The van der Waals surface area contributed by atoms with Crippen LogP contribution in [-0.2, 0) is 29.2 Å². The van der Waals surface area contributed by atoms with E-state index in [1.54, 1.807) is 0 Å². The van der Waals surface area contributed by atoms with Crippen molar-refractivity contribution in [3.05, 3.63) is 59.8 Å². The highest BCUT2D eigenvalue weighted by Crippen LogP contribution is 2.36.